The average molecular weight is 277 g/mol. The van der Waals surface area contributed by atoms with Gasteiger partial charge in [0.25, 0.3) is 0 Å². The second-order valence-electron chi connectivity index (χ2n) is 5.19. The number of esters is 1. The molecule has 4 heteroatoms. The number of carbonyl (C=O) groups is 1. The summed E-state index contributed by atoms with van der Waals surface area (Å²) >= 11 is 0. The van der Waals surface area contributed by atoms with Crippen molar-refractivity contribution in [2.24, 2.45) is 0 Å². The summed E-state index contributed by atoms with van der Waals surface area (Å²) in [5, 5.41) is 3.14. The molecule has 1 N–H and O–H groups in total. The summed E-state index contributed by atoms with van der Waals surface area (Å²) < 4.78 is 10.8. The van der Waals surface area contributed by atoms with Crippen LogP contribution in [-0.4, -0.2) is 32.8 Å². The number of rotatable bonds is 7. The first kappa shape index (κ1) is 15.0. The largest absolute Gasteiger partial charge is 0.467 e. The van der Waals surface area contributed by atoms with Gasteiger partial charge in [-0.15, -0.1) is 0 Å². The van der Waals surface area contributed by atoms with Crippen molar-refractivity contribution in [3.63, 3.8) is 0 Å². The van der Waals surface area contributed by atoms with E-state index < -0.39 is 5.54 Å². The van der Waals surface area contributed by atoms with E-state index in [0.29, 0.717) is 19.1 Å². The minimum Gasteiger partial charge on any atom is -0.467 e. The van der Waals surface area contributed by atoms with Gasteiger partial charge in [0, 0.05) is 13.0 Å². The molecule has 1 saturated carbocycles. The lowest BCUT2D eigenvalue weighted by Crippen LogP contribution is -2.49. The summed E-state index contributed by atoms with van der Waals surface area (Å²) in [7, 11) is 3.21. The Morgan fingerprint density at radius 3 is 2.55 bits per heavy atom. The molecular formula is C16H23NO3. The highest BCUT2D eigenvalue weighted by molar-refractivity contribution is 5.82. The molecule has 20 heavy (non-hydrogen) atoms. The Bertz CT molecular complexity index is 431. The number of carbonyl (C=O) groups excluding carboxylic acids is 1. The van der Waals surface area contributed by atoms with Crippen molar-refractivity contribution < 1.29 is 14.3 Å². The maximum absolute atomic E-state index is 12.3. The molecule has 1 aromatic carbocycles. The van der Waals surface area contributed by atoms with Crippen LogP contribution in [0.25, 0.3) is 0 Å². The molecular weight excluding hydrogens is 254 g/mol. The number of hydrogen-bond donors (Lipinski definition) is 1. The highest BCUT2D eigenvalue weighted by Gasteiger charge is 2.40. The molecule has 0 aliphatic heterocycles. The van der Waals surface area contributed by atoms with Gasteiger partial charge in [-0.05, 0) is 31.9 Å². The van der Waals surface area contributed by atoms with E-state index in [4.69, 9.17) is 9.47 Å². The Morgan fingerprint density at radius 1 is 1.35 bits per heavy atom. The van der Waals surface area contributed by atoms with Crippen LogP contribution in [0, 0.1) is 0 Å². The molecule has 0 heterocycles. The summed E-state index contributed by atoms with van der Waals surface area (Å²) in [4.78, 5) is 12.3. The van der Waals surface area contributed by atoms with Gasteiger partial charge in [0.15, 0.2) is 0 Å². The lowest BCUT2D eigenvalue weighted by Gasteiger charge is -2.33. The third-order valence-corrected chi connectivity index (χ3v) is 4.11. The molecule has 0 amide bonds. The monoisotopic (exact) mass is 277 g/mol. The second kappa shape index (κ2) is 6.86. The van der Waals surface area contributed by atoms with Crippen LogP contribution >= 0.6 is 0 Å². The van der Waals surface area contributed by atoms with Crippen molar-refractivity contribution in [2.45, 2.75) is 37.3 Å². The average Bonchev–Trinajstić information content (AvgIpc) is 2.46. The van der Waals surface area contributed by atoms with E-state index in [-0.39, 0.29) is 5.97 Å². The van der Waals surface area contributed by atoms with E-state index in [1.165, 1.54) is 13.5 Å². The number of nitrogens with one attached hydrogen (secondary N) is 1. The predicted octanol–water partition coefficient (Wildman–Crippen LogP) is 2.23. The Kier molecular flexibility index (Phi) is 5.15. The lowest BCUT2D eigenvalue weighted by molar-refractivity contribution is -0.150. The smallest absolute Gasteiger partial charge is 0.330 e. The number of likely N-dealkylation sites (N-methyl/N-ethyl adjacent to an activating group) is 1. The number of benzene rings is 1. The molecule has 1 aliphatic rings. The maximum Gasteiger partial charge on any atom is 0.330 e. The topological polar surface area (TPSA) is 47.6 Å². The molecule has 2 rings (SSSR count). The van der Waals surface area contributed by atoms with Crippen LogP contribution in [0.5, 0.6) is 0 Å². The Hall–Kier alpha value is -1.39. The standard InChI is InChI=1S/C16H23NO3/c1-17-16(15(18)19-2,13-7-4-3-5-8-13)11-12-20-14-9-6-10-14/h3-5,7-8,14,17H,6,9-12H2,1-2H3. The van der Waals surface area contributed by atoms with Crippen molar-refractivity contribution >= 4 is 5.97 Å². The first-order chi connectivity index (χ1) is 9.73. The zero-order valence-electron chi connectivity index (χ0n) is 12.2. The molecule has 0 aromatic heterocycles. The molecule has 0 spiro atoms. The van der Waals surface area contributed by atoms with E-state index in [2.05, 4.69) is 5.32 Å². The van der Waals surface area contributed by atoms with E-state index in [9.17, 15) is 4.79 Å². The van der Waals surface area contributed by atoms with Crippen LogP contribution < -0.4 is 5.32 Å². The first-order valence-corrected chi connectivity index (χ1v) is 7.17. The van der Waals surface area contributed by atoms with Gasteiger partial charge in [0.1, 0.15) is 5.54 Å². The minimum absolute atomic E-state index is 0.275. The Balaban J connectivity index is 2.11. The summed E-state index contributed by atoms with van der Waals surface area (Å²) in [6, 6.07) is 9.67. The van der Waals surface area contributed by atoms with Crippen LogP contribution in [0.3, 0.4) is 0 Å². The molecule has 0 bridgehead atoms. The van der Waals surface area contributed by atoms with Crippen LogP contribution in [-0.2, 0) is 19.8 Å². The van der Waals surface area contributed by atoms with Crippen LogP contribution in [0.1, 0.15) is 31.2 Å². The fourth-order valence-electron chi connectivity index (χ4n) is 2.55. The molecule has 1 aliphatic carbocycles. The molecule has 1 fully saturated rings. The predicted molar refractivity (Wildman–Crippen MR) is 77.4 cm³/mol. The van der Waals surface area contributed by atoms with Crippen molar-refractivity contribution in [1.82, 2.24) is 5.32 Å². The van der Waals surface area contributed by atoms with Crippen molar-refractivity contribution in [3.05, 3.63) is 35.9 Å². The van der Waals surface area contributed by atoms with Gasteiger partial charge in [0.2, 0.25) is 0 Å². The lowest BCUT2D eigenvalue weighted by atomic mass is 9.86. The van der Waals surface area contributed by atoms with Gasteiger partial charge in [0.05, 0.1) is 13.2 Å². The molecule has 4 nitrogen and oxygen atoms in total. The van der Waals surface area contributed by atoms with Gasteiger partial charge in [-0.25, -0.2) is 4.79 Å². The second-order valence-corrected chi connectivity index (χ2v) is 5.19. The van der Waals surface area contributed by atoms with Gasteiger partial charge in [-0.1, -0.05) is 30.3 Å². The van der Waals surface area contributed by atoms with Crippen LogP contribution in [0.2, 0.25) is 0 Å². The molecule has 0 saturated heterocycles. The Morgan fingerprint density at radius 2 is 2.05 bits per heavy atom. The van der Waals surface area contributed by atoms with Crippen molar-refractivity contribution in [2.75, 3.05) is 20.8 Å². The fourth-order valence-corrected chi connectivity index (χ4v) is 2.55. The zero-order chi connectivity index (χ0) is 14.4. The SMILES string of the molecule is CNC(CCOC1CCC1)(C(=O)OC)c1ccccc1. The van der Waals surface area contributed by atoms with Crippen LogP contribution in [0.4, 0.5) is 0 Å². The Labute approximate surface area is 120 Å². The van der Waals surface area contributed by atoms with Crippen LogP contribution in [0.15, 0.2) is 30.3 Å². The zero-order valence-corrected chi connectivity index (χ0v) is 12.2. The first-order valence-electron chi connectivity index (χ1n) is 7.17. The summed E-state index contributed by atoms with van der Waals surface area (Å²) in [5.41, 5.74) is 0.0753. The van der Waals surface area contributed by atoms with E-state index >= 15 is 0 Å². The van der Waals surface area contributed by atoms with Crippen molar-refractivity contribution in [1.29, 1.82) is 0 Å². The summed E-state index contributed by atoms with van der Waals surface area (Å²) in [6.45, 7) is 0.551. The van der Waals surface area contributed by atoms with E-state index in [1.807, 2.05) is 30.3 Å². The number of ether oxygens (including phenoxy) is 2. The van der Waals surface area contributed by atoms with Gasteiger partial charge in [-0.2, -0.15) is 0 Å². The highest BCUT2D eigenvalue weighted by Crippen LogP contribution is 2.28. The van der Waals surface area contributed by atoms with E-state index in [0.717, 1.165) is 18.4 Å². The van der Waals surface area contributed by atoms with Gasteiger partial charge in [-0.3, -0.25) is 0 Å². The molecule has 110 valence electrons. The number of methoxy groups -OCH3 is 1. The number of hydrogen-bond acceptors (Lipinski definition) is 4. The third-order valence-electron chi connectivity index (χ3n) is 4.11. The molecule has 0 radical (unpaired) electrons. The highest BCUT2D eigenvalue weighted by atomic mass is 16.5. The molecule has 1 atom stereocenters. The summed E-state index contributed by atoms with van der Waals surface area (Å²) in [5.74, 6) is -0.275. The maximum atomic E-state index is 12.3. The molecule has 1 unspecified atom stereocenters. The quantitative estimate of drug-likeness (QED) is 0.776. The van der Waals surface area contributed by atoms with Gasteiger partial charge >= 0.3 is 5.97 Å². The summed E-state index contributed by atoms with van der Waals surface area (Å²) in [6.07, 6.45) is 4.46. The normalized spacial score (nSPS) is 18.1. The van der Waals surface area contributed by atoms with Crippen molar-refractivity contribution in [3.8, 4) is 0 Å². The minimum atomic E-state index is -0.834. The van der Waals surface area contributed by atoms with E-state index in [1.54, 1.807) is 7.05 Å². The fraction of sp³-hybridized carbons (Fsp3) is 0.562. The van der Waals surface area contributed by atoms with Gasteiger partial charge < -0.3 is 14.8 Å². The third kappa shape index (κ3) is 3.02. The molecule has 1 aromatic rings.